The van der Waals surface area contributed by atoms with Gasteiger partial charge in [0.05, 0.1) is 12.2 Å². The van der Waals surface area contributed by atoms with Gasteiger partial charge in [0.15, 0.2) is 0 Å². The number of rotatable bonds is 6. The highest BCUT2D eigenvalue weighted by atomic mass is 19.1. The second-order valence-electron chi connectivity index (χ2n) is 6.50. The zero-order chi connectivity index (χ0) is 21.0. The Labute approximate surface area is 166 Å². The van der Waals surface area contributed by atoms with E-state index in [-0.39, 0.29) is 24.7 Å². The zero-order valence-corrected chi connectivity index (χ0v) is 15.9. The Kier molecular flexibility index (Phi) is 6.21. The van der Waals surface area contributed by atoms with Crippen LogP contribution in [0.4, 0.5) is 14.5 Å². The Morgan fingerprint density at radius 3 is 2.31 bits per heavy atom. The number of anilines is 1. The maximum Gasteiger partial charge on any atom is 0.338 e. The van der Waals surface area contributed by atoms with Crippen molar-refractivity contribution in [3.8, 4) is 0 Å². The molecule has 1 fully saturated rings. The van der Waals surface area contributed by atoms with E-state index in [0.29, 0.717) is 25.1 Å². The highest BCUT2D eigenvalue weighted by Crippen LogP contribution is 2.23. The van der Waals surface area contributed by atoms with Gasteiger partial charge in [0.25, 0.3) is 5.91 Å². The molecule has 0 saturated carbocycles. The summed E-state index contributed by atoms with van der Waals surface area (Å²) in [5, 5.41) is 0. The van der Waals surface area contributed by atoms with Gasteiger partial charge in [0, 0.05) is 18.7 Å². The molecule has 0 unspecified atom stereocenters. The Hall–Kier alpha value is -3.29. The number of carbonyl (C=O) groups is 3. The van der Waals surface area contributed by atoms with Crippen molar-refractivity contribution >= 4 is 23.5 Å². The van der Waals surface area contributed by atoms with Crippen LogP contribution in [-0.2, 0) is 9.53 Å². The average molecular weight is 402 g/mol. The van der Waals surface area contributed by atoms with E-state index in [9.17, 15) is 23.2 Å². The highest BCUT2D eigenvalue weighted by Gasteiger charge is 2.29. The molecular weight excluding hydrogens is 382 g/mol. The van der Waals surface area contributed by atoms with Crippen molar-refractivity contribution in [3.05, 3.63) is 65.2 Å². The summed E-state index contributed by atoms with van der Waals surface area (Å²) in [6.07, 6.45) is 1.01. The van der Waals surface area contributed by atoms with Gasteiger partial charge < -0.3 is 9.64 Å². The first-order valence-corrected chi connectivity index (χ1v) is 9.23. The molecule has 2 aromatic rings. The van der Waals surface area contributed by atoms with Crippen LogP contribution in [-0.4, -0.2) is 42.5 Å². The van der Waals surface area contributed by atoms with Crippen LogP contribution in [0.3, 0.4) is 0 Å². The van der Waals surface area contributed by atoms with Crippen molar-refractivity contribution in [1.82, 2.24) is 4.90 Å². The molecule has 1 aliphatic heterocycles. The summed E-state index contributed by atoms with van der Waals surface area (Å²) >= 11 is 0. The van der Waals surface area contributed by atoms with Crippen LogP contribution in [0.15, 0.2) is 42.5 Å². The van der Waals surface area contributed by atoms with E-state index in [4.69, 9.17) is 4.74 Å². The van der Waals surface area contributed by atoms with Crippen LogP contribution in [0.1, 0.15) is 40.5 Å². The van der Waals surface area contributed by atoms with E-state index in [1.54, 1.807) is 6.92 Å². The maximum atomic E-state index is 14.2. The number of nitrogens with zero attached hydrogens (tertiary/aromatic N) is 2. The monoisotopic (exact) mass is 402 g/mol. The molecule has 0 radical (unpaired) electrons. The fraction of sp³-hybridized carbons (Fsp3) is 0.286. The zero-order valence-electron chi connectivity index (χ0n) is 15.9. The van der Waals surface area contributed by atoms with Crippen molar-refractivity contribution in [1.29, 1.82) is 0 Å². The van der Waals surface area contributed by atoms with Gasteiger partial charge in [-0.1, -0.05) is 6.07 Å². The third-order valence-corrected chi connectivity index (χ3v) is 4.60. The number of likely N-dealkylation sites (tertiary alicyclic amines) is 1. The molecule has 8 heteroatoms. The molecule has 0 aromatic heterocycles. The van der Waals surface area contributed by atoms with Crippen LogP contribution in [0.25, 0.3) is 0 Å². The molecule has 2 aromatic carbocycles. The molecule has 0 aliphatic carbocycles. The van der Waals surface area contributed by atoms with Gasteiger partial charge in [0.2, 0.25) is 5.91 Å². The van der Waals surface area contributed by atoms with E-state index in [0.717, 1.165) is 17.0 Å². The van der Waals surface area contributed by atoms with E-state index < -0.39 is 29.1 Å². The lowest BCUT2D eigenvalue weighted by molar-refractivity contribution is -0.127. The van der Waals surface area contributed by atoms with Gasteiger partial charge in [-0.3, -0.25) is 14.5 Å². The average Bonchev–Trinajstić information content (AvgIpc) is 3.11. The number of hydrogen-bond donors (Lipinski definition) is 0. The highest BCUT2D eigenvalue weighted by molar-refractivity contribution is 6.07. The molecule has 29 heavy (non-hydrogen) atoms. The molecule has 3 rings (SSSR count). The first-order chi connectivity index (χ1) is 13.9. The summed E-state index contributed by atoms with van der Waals surface area (Å²) < 4.78 is 33.3. The molecule has 1 aliphatic rings. The Bertz CT molecular complexity index is 911. The Morgan fingerprint density at radius 2 is 1.76 bits per heavy atom. The van der Waals surface area contributed by atoms with Crippen LogP contribution >= 0.6 is 0 Å². The molecule has 1 heterocycles. The number of benzene rings is 2. The lowest BCUT2D eigenvalue weighted by Crippen LogP contribution is -2.43. The van der Waals surface area contributed by atoms with Crippen LogP contribution in [0.5, 0.6) is 0 Å². The number of halogens is 2. The fourth-order valence-corrected chi connectivity index (χ4v) is 3.12. The van der Waals surface area contributed by atoms with Gasteiger partial charge >= 0.3 is 5.97 Å². The Morgan fingerprint density at radius 1 is 1.10 bits per heavy atom. The van der Waals surface area contributed by atoms with Crippen LogP contribution in [0, 0.1) is 11.6 Å². The molecule has 0 bridgehead atoms. The standard InChI is InChI=1S/C21H20F2N2O4/c1-2-29-21(28)14-8-10-15(11-9-14)25(13-24-12-4-7-18(24)26)20(27)19-16(22)5-3-6-17(19)23/h3,5-6,8-11H,2,4,7,12-13H2,1H3. The van der Waals surface area contributed by atoms with Gasteiger partial charge in [-0.15, -0.1) is 0 Å². The third-order valence-electron chi connectivity index (χ3n) is 4.60. The van der Waals surface area contributed by atoms with E-state index in [1.165, 1.54) is 35.2 Å². The minimum atomic E-state index is -0.990. The lowest BCUT2D eigenvalue weighted by atomic mass is 10.1. The predicted octanol–water partition coefficient (Wildman–Crippen LogP) is 3.37. The molecule has 6 nitrogen and oxygen atoms in total. The largest absolute Gasteiger partial charge is 0.462 e. The predicted molar refractivity (Wildman–Crippen MR) is 101 cm³/mol. The first kappa shape index (κ1) is 20.4. The van der Waals surface area contributed by atoms with Crippen molar-refractivity contribution in [2.45, 2.75) is 19.8 Å². The molecule has 152 valence electrons. The fourth-order valence-electron chi connectivity index (χ4n) is 3.12. The van der Waals surface area contributed by atoms with Crippen LogP contribution in [0.2, 0.25) is 0 Å². The summed E-state index contributed by atoms with van der Waals surface area (Å²) in [7, 11) is 0. The summed E-state index contributed by atoms with van der Waals surface area (Å²) in [6, 6.07) is 9.03. The lowest BCUT2D eigenvalue weighted by Gasteiger charge is -2.28. The number of amides is 2. The minimum Gasteiger partial charge on any atom is -0.462 e. The molecule has 0 atom stereocenters. The van der Waals surface area contributed by atoms with Crippen molar-refractivity contribution in [2.75, 3.05) is 24.7 Å². The van der Waals surface area contributed by atoms with Gasteiger partial charge in [0.1, 0.15) is 23.9 Å². The second kappa shape index (κ2) is 8.81. The number of esters is 1. The number of ether oxygens (including phenoxy) is 1. The number of carbonyl (C=O) groups excluding carboxylic acids is 3. The molecule has 2 amide bonds. The van der Waals surface area contributed by atoms with E-state index >= 15 is 0 Å². The second-order valence-corrected chi connectivity index (χ2v) is 6.50. The van der Waals surface area contributed by atoms with E-state index in [1.807, 2.05) is 0 Å². The third kappa shape index (κ3) is 4.42. The SMILES string of the molecule is CCOC(=O)c1ccc(N(CN2CCCC2=O)C(=O)c2c(F)cccc2F)cc1. The molecular formula is C21H20F2N2O4. The molecule has 0 N–H and O–H groups in total. The van der Waals surface area contributed by atoms with Crippen LogP contribution < -0.4 is 4.90 Å². The minimum absolute atomic E-state index is 0.139. The summed E-state index contributed by atoms with van der Waals surface area (Å²) in [5.41, 5.74) is -0.128. The topological polar surface area (TPSA) is 66.9 Å². The van der Waals surface area contributed by atoms with Crippen molar-refractivity contribution < 1.29 is 27.9 Å². The van der Waals surface area contributed by atoms with Gasteiger partial charge in [-0.05, 0) is 49.7 Å². The van der Waals surface area contributed by atoms with Crippen molar-refractivity contribution in [2.24, 2.45) is 0 Å². The van der Waals surface area contributed by atoms with Crippen molar-refractivity contribution in [3.63, 3.8) is 0 Å². The van der Waals surface area contributed by atoms with Gasteiger partial charge in [-0.25, -0.2) is 13.6 Å². The maximum absolute atomic E-state index is 14.2. The summed E-state index contributed by atoms with van der Waals surface area (Å²) in [6.45, 7) is 2.20. The number of hydrogen-bond acceptors (Lipinski definition) is 4. The van der Waals surface area contributed by atoms with E-state index in [2.05, 4.69) is 0 Å². The molecule has 1 saturated heterocycles. The quantitative estimate of drug-likeness (QED) is 0.695. The Balaban J connectivity index is 1.96. The normalized spacial score (nSPS) is 13.5. The summed E-state index contributed by atoms with van der Waals surface area (Å²) in [5.74, 6) is -3.55. The molecule has 0 spiro atoms. The van der Waals surface area contributed by atoms with Gasteiger partial charge in [-0.2, -0.15) is 0 Å². The summed E-state index contributed by atoms with van der Waals surface area (Å²) in [4.78, 5) is 39.5. The first-order valence-electron chi connectivity index (χ1n) is 9.23. The smallest absolute Gasteiger partial charge is 0.338 e.